The van der Waals surface area contributed by atoms with Gasteiger partial charge in [-0.05, 0) is 18.2 Å². The molecule has 0 unspecified atom stereocenters. The fourth-order valence-electron chi connectivity index (χ4n) is 4.56. The first kappa shape index (κ1) is 24.5. The number of methoxy groups -OCH3 is 2. The quantitative estimate of drug-likeness (QED) is 0.326. The number of ether oxygens (including phenoxy) is 2. The molecule has 186 valence electrons. The Bertz CT molecular complexity index is 1440. The molecular weight excluding hydrogens is 470 g/mol. The van der Waals surface area contributed by atoms with Crippen LogP contribution in [0.2, 0.25) is 0 Å². The molecular formula is C24H23F4N3O4. The van der Waals surface area contributed by atoms with Crippen LogP contribution in [0.1, 0.15) is 31.5 Å². The minimum atomic E-state index is -3.96. The fourth-order valence-corrected chi connectivity index (χ4v) is 4.56. The number of alkyl halides is 2. The number of aliphatic carboxylic acids is 1. The first-order chi connectivity index (χ1) is 16.4. The second-order valence-corrected chi connectivity index (χ2v) is 8.89. The number of hydrogen-bond donors (Lipinski definition) is 2. The lowest BCUT2D eigenvalue weighted by Gasteiger charge is -2.30. The Labute approximate surface area is 197 Å². The van der Waals surface area contributed by atoms with Crippen LogP contribution in [0.25, 0.3) is 27.5 Å². The molecule has 0 bridgehead atoms. The van der Waals surface area contributed by atoms with Crippen LogP contribution in [0, 0.1) is 11.6 Å². The molecule has 0 saturated carbocycles. The van der Waals surface area contributed by atoms with Crippen molar-refractivity contribution in [1.82, 2.24) is 14.8 Å². The summed E-state index contributed by atoms with van der Waals surface area (Å²) in [4.78, 5) is 11.4. The summed E-state index contributed by atoms with van der Waals surface area (Å²) >= 11 is 0. The van der Waals surface area contributed by atoms with Gasteiger partial charge in [-0.15, -0.1) is 0 Å². The molecule has 4 aromatic rings. The summed E-state index contributed by atoms with van der Waals surface area (Å²) in [5.41, 5.74) is -1.88. The van der Waals surface area contributed by atoms with Crippen molar-refractivity contribution in [2.45, 2.75) is 31.6 Å². The molecule has 2 aromatic heterocycles. The van der Waals surface area contributed by atoms with E-state index in [1.807, 2.05) is 0 Å². The lowest BCUT2D eigenvalue weighted by molar-refractivity contribution is -0.145. The van der Waals surface area contributed by atoms with Crippen molar-refractivity contribution in [1.29, 1.82) is 0 Å². The van der Waals surface area contributed by atoms with Gasteiger partial charge in [-0.3, -0.25) is 9.89 Å². The zero-order valence-corrected chi connectivity index (χ0v) is 19.4. The first-order valence-electron chi connectivity index (χ1n) is 10.6. The van der Waals surface area contributed by atoms with E-state index in [0.717, 1.165) is 6.07 Å². The van der Waals surface area contributed by atoms with Gasteiger partial charge in [0.15, 0.2) is 17.4 Å². The number of nitrogens with zero attached hydrogens (tertiary/aromatic N) is 2. The number of rotatable bonds is 8. The molecule has 7 nitrogen and oxygen atoms in total. The number of aromatic amines is 1. The van der Waals surface area contributed by atoms with Crippen molar-refractivity contribution in [2.24, 2.45) is 0 Å². The molecule has 0 aliphatic carbocycles. The molecule has 0 atom stereocenters. The number of aromatic nitrogens is 3. The number of carboxylic acid groups (broad SMARTS) is 1. The van der Waals surface area contributed by atoms with Gasteiger partial charge in [0.05, 0.1) is 31.0 Å². The van der Waals surface area contributed by atoms with Crippen LogP contribution in [0.4, 0.5) is 17.6 Å². The minimum absolute atomic E-state index is 0.0318. The van der Waals surface area contributed by atoms with Crippen LogP contribution in [0.3, 0.4) is 0 Å². The van der Waals surface area contributed by atoms with Gasteiger partial charge >= 0.3 is 5.97 Å². The van der Waals surface area contributed by atoms with Crippen LogP contribution in [-0.2, 0) is 20.9 Å². The Kier molecular flexibility index (Phi) is 6.00. The Morgan fingerprint density at radius 2 is 1.91 bits per heavy atom. The zero-order valence-electron chi connectivity index (χ0n) is 19.4. The molecule has 2 aromatic carbocycles. The SMILES string of the molecule is COCC(C)(C)c1c(C(F)(F)CC(=O)O)c2c(F)c3[nH]ncc3cc2n1-c1ccc(F)c(OC)c1. The van der Waals surface area contributed by atoms with Gasteiger partial charge in [0.1, 0.15) is 11.9 Å². The van der Waals surface area contributed by atoms with Crippen LogP contribution >= 0.6 is 0 Å². The van der Waals surface area contributed by atoms with E-state index >= 15 is 13.2 Å². The van der Waals surface area contributed by atoms with Crippen LogP contribution in [0.5, 0.6) is 5.75 Å². The van der Waals surface area contributed by atoms with E-state index in [-0.39, 0.29) is 34.8 Å². The van der Waals surface area contributed by atoms with Gasteiger partial charge in [-0.2, -0.15) is 5.10 Å². The molecule has 2 N–H and O–H groups in total. The lowest BCUT2D eigenvalue weighted by atomic mass is 9.84. The average molecular weight is 493 g/mol. The molecule has 0 amide bonds. The Hall–Kier alpha value is -3.60. The number of hydrogen-bond acceptors (Lipinski definition) is 4. The maximum atomic E-state index is 15.8. The Morgan fingerprint density at radius 1 is 1.20 bits per heavy atom. The molecule has 0 aliphatic heterocycles. The summed E-state index contributed by atoms with van der Waals surface area (Å²) < 4.78 is 73.2. The second-order valence-electron chi connectivity index (χ2n) is 8.89. The Morgan fingerprint density at radius 3 is 2.54 bits per heavy atom. The van der Waals surface area contributed by atoms with E-state index in [0.29, 0.717) is 5.39 Å². The molecule has 0 aliphatic rings. The van der Waals surface area contributed by atoms with Gasteiger partial charge < -0.3 is 19.1 Å². The predicted molar refractivity (Wildman–Crippen MR) is 120 cm³/mol. The predicted octanol–water partition coefficient (Wildman–Crippen LogP) is 5.28. The molecule has 35 heavy (non-hydrogen) atoms. The highest BCUT2D eigenvalue weighted by atomic mass is 19.3. The maximum Gasteiger partial charge on any atom is 0.309 e. The van der Waals surface area contributed by atoms with Crippen LogP contribution < -0.4 is 4.74 Å². The minimum Gasteiger partial charge on any atom is -0.494 e. The van der Waals surface area contributed by atoms with Gasteiger partial charge in [0.25, 0.3) is 5.92 Å². The summed E-state index contributed by atoms with van der Waals surface area (Å²) in [6.07, 6.45) is -0.217. The van der Waals surface area contributed by atoms with Gasteiger partial charge in [0.2, 0.25) is 0 Å². The molecule has 4 rings (SSSR count). The van der Waals surface area contributed by atoms with Crippen LogP contribution in [-0.4, -0.2) is 46.7 Å². The lowest BCUT2D eigenvalue weighted by Crippen LogP contribution is -2.31. The van der Waals surface area contributed by atoms with Crippen molar-refractivity contribution in [3.05, 3.63) is 53.4 Å². The van der Waals surface area contributed by atoms with E-state index in [2.05, 4.69) is 10.2 Å². The number of fused-ring (bicyclic) bond motifs is 2. The zero-order chi connectivity index (χ0) is 25.7. The molecule has 0 radical (unpaired) electrons. The summed E-state index contributed by atoms with van der Waals surface area (Å²) in [5.74, 6) is -7.54. The van der Waals surface area contributed by atoms with Crippen molar-refractivity contribution >= 4 is 27.8 Å². The topological polar surface area (TPSA) is 89.4 Å². The van der Waals surface area contributed by atoms with Crippen molar-refractivity contribution in [2.75, 3.05) is 20.8 Å². The van der Waals surface area contributed by atoms with Gasteiger partial charge in [-0.1, -0.05) is 13.8 Å². The normalized spacial score (nSPS) is 12.6. The molecule has 0 fully saturated rings. The third kappa shape index (κ3) is 3.99. The van der Waals surface area contributed by atoms with E-state index in [4.69, 9.17) is 9.47 Å². The smallest absolute Gasteiger partial charge is 0.309 e. The van der Waals surface area contributed by atoms with Crippen LogP contribution in [0.15, 0.2) is 30.5 Å². The van der Waals surface area contributed by atoms with E-state index in [9.17, 15) is 14.3 Å². The van der Waals surface area contributed by atoms with E-state index in [1.165, 1.54) is 43.2 Å². The Balaban J connectivity index is 2.27. The second kappa shape index (κ2) is 8.56. The number of benzene rings is 2. The summed E-state index contributed by atoms with van der Waals surface area (Å²) in [7, 11) is 2.65. The highest BCUT2D eigenvalue weighted by Crippen LogP contribution is 2.48. The summed E-state index contributed by atoms with van der Waals surface area (Å²) in [5, 5.41) is 15.3. The monoisotopic (exact) mass is 493 g/mol. The molecule has 11 heteroatoms. The molecule has 2 heterocycles. The highest BCUT2D eigenvalue weighted by Gasteiger charge is 2.46. The molecule has 0 spiro atoms. The number of carbonyl (C=O) groups is 1. The first-order valence-corrected chi connectivity index (χ1v) is 10.6. The van der Waals surface area contributed by atoms with Crippen molar-refractivity contribution in [3.8, 4) is 11.4 Å². The maximum absolute atomic E-state index is 15.8. The molecule has 0 saturated heterocycles. The third-order valence-corrected chi connectivity index (χ3v) is 5.89. The average Bonchev–Trinajstić information content (AvgIpc) is 3.37. The van der Waals surface area contributed by atoms with Gasteiger partial charge in [0, 0.05) is 40.7 Å². The summed E-state index contributed by atoms with van der Waals surface area (Å²) in [6, 6.07) is 5.23. The van der Waals surface area contributed by atoms with E-state index in [1.54, 1.807) is 13.8 Å². The summed E-state index contributed by atoms with van der Waals surface area (Å²) in [6.45, 7) is 3.18. The number of H-pyrrole nitrogens is 1. The van der Waals surface area contributed by atoms with E-state index < -0.39 is 46.3 Å². The van der Waals surface area contributed by atoms with Gasteiger partial charge in [-0.25, -0.2) is 17.6 Å². The third-order valence-electron chi connectivity index (χ3n) is 5.89. The standard InChI is InChI=1S/C24H23F4N3O4/c1-23(2,11-34-3)22-19(24(27,28)9-17(32)33)18-15(7-12-10-29-30-21(12)20(18)26)31(22)13-5-6-14(25)16(8-13)35-4/h5-8,10H,9,11H2,1-4H3,(H,29,30)(H,32,33). The van der Waals surface area contributed by atoms with Crippen molar-refractivity contribution < 1.29 is 36.9 Å². The fraction of sp³-hybridized carbons (Fsp3) is 0.333. The largest absolute Gasteiger partial charge is 0.494 e. The highest BCUT2D eigenvalue weighted by molar-refractivity contribution is 6.00. The number of nitrogens with one attached hydrogen (secondary N) is 1. The number of carboxylic acids is 1. The van der Waals surface area contributed by atoms with Crippen molar-refractivity contribution in [3.63, 3.8) is 0 Å². The number of halogens is 4.